The number of rotatable bonds is 7. The summed E-state index contributed by atoms with van der Waals surface area (Å²) in [5.41, 5.74) is 0. The van der Waals surface area contributed by atoms with Gasteiger partial charge in [0.2, 0.25) is 0 Å². The monoisotopic (exact) mass is 246 g/mol. The van der Waals surface area contributed by atoms with Gasteiger partial charge in [0.1, 0.15) is 12.2 Å². The maximum Gasteiger partial charge on any atom is 0.151 e. The van der Waals surface area contributed by atoms with Crippen molar-refractivity contribution in [2.75, 3.05) is 18.1 Å². The van der Waals surface area contributed by atoms with Crippen LogP contribution in [0.5, 0.6) is 0 Å². The average molecular weight is 246 g/mol. The van der Waals surface area contributed by atoms with Crippen molar-refractivity contribution in [3.05, 3.63) is 12.2 Å². The average Bonchev–Trinajstić information content (AvgIpc) is 2.71. The van der Waals surface area contributed by atoms with E-state index in [4.69, 9.17) is 0 Å². The molecule has 0 atom stereocenters. The second-order valence-electron chi connectivity index (χ2n) is 3.42. The molecule has 0 aliphatic heterocycles. The Morgan fingerprint density at radius 3 is 2.81 bits per heavy atom. The predicted molar refractivity (Wildman–Crippen MR) is 61.7 cm³/mol. The first-order valence-electron chi connectivity index (χ1n) is 5.37. The van der Waals surface area contributed by atoms with Gasteiger partial charge in [-0.3, -0.25) is 0 Å². The fourth-order valence-electron chi connectivity index (χ4n) is 1.22. The predicted octanol–water partition coefficient (Wildman–Crippen LogP) is -0.178. The molecule has 1 aromatic heterocycles. The van der Waals surface area contributed by atoms with E-state index < -0.39 is 9.84 Å². The van der Waals surface area contributed by atoms with Gasteiger partial charge >= 0.3 is 0 Å². The number of aromatic nitrogens is 3. The first kappa shape index (κ1) is 13.1. The van der Waals surface area contributed by atoms with Crippen LogP contribution in [0.25, 0.3) is 0 Å². The molecule has 1 heterocycles. The Kier molecular flexibility index (Phi) is 4.88. The molecule has 0 spiro atoms. The van der Waals surface area contributed by atoms with Crippen LogP contribution in [-0.4, -0.2) is 41.2 Å². The molecule has 1 N–H and O–H groups in total. The van der Waals surface area contributed by atoms with Crippen LogP contribution in [0.1, 0.15) is 19.7 Å². The summed E-state index contributed by atoms with van der Waals surface area (Å²) in [7, 11) is -2.94. The summed E-state index contributed by atoms with van der Waals surface area (Å²) in [5, 5.41) is 7.14. The third-order valence-corrected chi connectivity index (χ3v) is 3.97. The molecule has 0 unspecified atom stereocenters. The first-order valence-corrected chi connectivity index (χ1v) is 7.19. The number of nitrogens with zero attached hydrogens (tertiary/aromatic N) is 3. The van der Waals surface area contributed by atoms with Gasteiger partial charge in [-0.1, -0.05) is 13.8 Å². The smallest absolute Gasteiger partial charge is 0.151 e. The van der Waals surface area contributed by atoms with Crippen molar-refractivity contribution >= 4 is 9.84 Å². The number of nitrogens with one attached hydrogen (secondary N) is 1. The minimum absolute atomic E-state index is 0.117. The van der Waals surface area contributed by atoms with Crippen LogP contribution in [-0.2, 0) is 22.9 Å². The Hall–Kier alpha value is -0.950. The molecule has 0 fully saturated rings. The molecule has 1 aromatic rings. The summed E-state index contributed by atoms with van der Waals surface area (Å²) in [5.74, 6) is 1.06. The molecular weight excluding hydrogens is 228 g/mol. The number of aryl methyl sites for hydroxylation is 1. The fourth-order valence-corrected chi connectivity index (χ4v) is 1.96. The van der Waals surface area contributed by atoms with Crippen LogP contribution < -0.4 is 5.32 Å². The van der Waals surface area contributed by atoms with Crippen LogP contribution >= 0.6 is 0 Å². The largest absolute Gasteiger partial charge is 0.310 e. The zero-order valence-corrected chi connectivity index (χ0v) is 10.5. The van der Waals surface area contributed by atoms with Crippen molar-refractivity contribution in [3.8, 4) is 0 Å². The lowest BCUT2D eigenvalue weighted by molar-refractivity contribution is 0.560. The van der Waals surface area contributed by atoms with Gasteiger partial charge < -0.3 is 5.32 Å². The molecule has 7 heteroatoms. The quantitative estimate of drug-likeness (QED) is 0.722. The van der Waals surface area contributed by atoms with Crippen LogP contribution in [0, 0.1) is 0 Å². The first-order chi connectivity index (χ1) is 7.59. The van der Waals surface area contributed by atoms with Crippen molar-refractivity contribution < 1.29 is 8.42 Å². The summed E-state index contributed by atoms with van der Waals surface area (Å²) in [6.07, 6.45) is 1.45. The number of hydrogen-bond donors (Lipinski definition) is 1. The highest BCUT2D eigenvalue weighted by molar-refractivity contribution is 7.91. The molecule has 0 radical (unpaired) electrons. The third kappa shape index (κ3) is 3.90. The lowest BCUT2D eigenvalue weighted by atomic mass is 10.5. The zero-order valence-electron chi connectivity index (χ0n) is 9.68. The highest BCUT2D eigenvalue weighted by Gasteiger charge is 2.10. The van der Waals surface area contributed by atoms with Gasteiger partial charge in [0.15, 0.2) is 9.84 Å². The maximum atomic E-state index is 11.3. The lowest BCUT2D eigenvalue weighted by Gasteiger charge is -2.06. The van der Waals surface area contributed by atoms with E-state index >= 15 is 0 Å². The summed E-state index contributed by atoms with van der Waals surface area (Å²) < 4.78 is 24.3. The van der Waals surface area contributed by atoms with E-state index in [-0.39, 0.29) is 11.5 Å². The van der Waals surface area contributed by atoms with Crippen molar-refractivity contribution in [2.45, 2.75) is 26.9 Å². The molecule has 0 aromatic carbocycles. The van der Waals surface area contributed by atoms with E-state index in [9.17, 15) is 8.42 Å². The minimum atomic E-state index is -2.94. The van der Waals surface area contributed by atoms with E-state index in [1.54, 1.807) is 11.6 Å². The molecule has 0 saturated carbocycles. The standard InChI is InChI=1S/C9H18N4O2S/c1-3-10-7-9-11-8-12-13(9)5-6-16(14,15)4-2/h8,10H,3-7H2,1-2H3. The van der Waals surface area contributed by atoms with Gasteiger partial charge in [-0.25, -0.2) is 18.1 Å². The summed E-state index contributed by atoms with van der Waals surface area (Å²) in [6.45, 7) is 5.48. The van der Waals surface area contributed by atoms with Crippen molar-refractivity contribution in [1.29, 1.82) is 0 Å². The molecule has 16 heavy (non-hydrogen) atoms. The SMILES string of the molecule is CCNCc1ncnn1CCS(=O)(=O)CC. The fraction of sp³-hybridized carbons (Fsp3) is 0.778. The minimum Gasteiger partial charge on any atom is -0.310 e. The summed E-state index contributed by atoms with van der Waals surface area (Å²) in [6, 6.07) is 0. The van der Waals surface area contributed by atoms with Gasteiger partial charge in [0.05, 0.1) is 18.8 Å². The van der Waals surface area contributed by atoms with Gasteiger partial charge in [-0.05, 0) is 6.54 Å². The van der Waals surface area contributed by atoms with Crippen LogP contribution in [0.4, 0.5) is 0 Å². The van der Waals surface area contributed by atoms with Gasteiger partial charge in [0.25, 0.3) is 0 Å². The Bertz CT molecular complexity index is 413. The van der Waals surface area contributed by atoms with E-state index in [0.29, 0.717) is 13.1 Å². The Labute approximate surface area is 96.0 Å². The van der Waals surface area contributed by atoms with E-state index in [1.165, 1.54) is 6.33 Å². The van der Waals surface area contributed by atoms with Gasteiger partial charge in [0, 0.05) is 5.75 Å². The number of hydrogen-bond acceptors (Lipinski definition) is 5. The molecule has 0 amide bonds. The Morgan fingerprint density at radius 2 is 2.19 bits per heavy atom. The third-order valence-electron chi connectivity index (χ3n) is 2.28. The van der Waals surface area contributed by atoms with Crippen LogP contribution in [0.3, 0.4) is 0 Å². The molecular formula is C9H18N4O2S. The molecule has 0 aliphatic carbocycles. The summed E-state index contributed by atoms with van der Waals surface area (Å²) >= 11 is 0. The van der Waals surface area contributed by atoms with Gasteiger partial charge in [-0.15, -0.1) is 0 Å². The molecule has 0 saturated heterocycles. The second-order valence-corrected chi connectivity index (χ2v) is 5.89. The number of sulfone groups is 1. The van der Waals surface area contributed by atoms with E-state index in [0.717, 1.165) is 12.4 Å². The van der Waals surface area contributed by atoms with Crippen molar-refractivity contribution in [1.82, 2.24) is 20.1 Å². The second kappa shape index (κ2) is 5.95. The van der Waals surface area contributed by atoms with Crippen LogP contribution in [0.15, 0.2) is 6.33 Å². The molecule has 92 valence electrons. The zero-order chi connectivity index (χ0) is 12.0. The van der Waals surface area contributed by atoms with Crippen LogP contribution in [0.2, 0.25) is 0 Å². The van der Waals surface area contributed by atoms with E-state index in [1.807, 2.05) is 6.92 Å². The molecule has 6 nitrogen and oxygen atoms in total. The molecule has 0 aliphatic rings. The highest BCUT2D eigenvalue weighted by Crippen LogP contribution is 1.97. The molecule has 1 rings (SSSR count). The Morgan fingerprint density at radius 1 is 1.44 bits per heavy atom. The van der Waals surface area contributed by atoms with Crippen molar-refractivity contribution in [3.63, 3.8) is 0 Å². The maximum absolute atomic E-state index is 11.3. The topological polar surface area (TPSA) is 76.9 Å². The highest BCUT2D eigenvalue weighted by atomic mass is 32.2. The van der Waals surface area contributed by atoms with Gasteiger partial charge in [-0.2, -0.15) is 5.10 Å². The molecule has 0 bridgehead atoms. The summed E-state index contributed by atoms with van der Waals surface area (Å²) in [4.78, 5) is 4.07. The van der Waals surface area contributed by atoms with Crippen molar-refractivity contribution in [2.24, 2.45) is 0 Å². The van der Waals surface area contributed by atoms with E-state index in [2.05, 4.69) is 15.4 Å². The normalized spacial score (nSPS) is 11.9. The Balaban J connectivity index is 2.57. The lowest BCUT2D eigenvalue weighted by Crippen LogP contribution is -2.20.